The van der Waals surface area contributed by atoms with Gasteiger partial charge in [0.25, 0.3) is 5.91 Å². The number of aliphatic hydroxyl groups is 1. The molecule has 3 atom stereocenters. The van der Waals surface area contributed by atoms with Gasteiger partial charge in [0.1, 0.15) is 11.7 Å². The van der Waals surface area contributed by atoms with Crippen LogP contribution < -0.4 is 10.6 Å². The standard InChI is InChI=1S/C38H43N5O5S/c1-27(2)21-23-43(49(47,48)31-16-7-4-8-17-31)26-36(44)34(24-28-12-5-3-6-13-28)41-38(46)35(25-30-15-11-22-39-30)42-37(45)33-20-19-29-14-9-10-18-32(29)40-33/h3-20,22,27,34-36,39,44H,21,23-26H2,1-2H3,(H,41,46)(H,42,45)/t34-,35?,36+/m0/s1. The molecular weight excluding hydrogens is 639 g/mol. The Hall–Kier alpha value is -4.84. The number of H-pyrrole nitrogens is 1. The fourth-order valence-corrected chi connectivity index (χ4v) is 7.07. The van der Waals surface area contributed by atoms with Crippen LogP contribution in [-0.2, 0) is 27.7 Å². The molecule has 2 aromatic heterocycles. The molecule has 0 radical (unpaired) electrons. The number of aromatic nitrogens is 2. The van der Waals surface area contributed by atoms with Crippen molar-refractivity contribution in [2.24, 2.45) is 5.92 Å². The molecule has 0 saturated heterocycles. The zero-order valence-corrected chi connectivity index (χ0v) is 28.5. The average Bonchev–Trinajstić information content (AvgIpc) is 3.63. The van der Waals surface area contributed by atoms with Gasteiger partial charge in [0.15, 0.2) is 0 Å². The molecule has 5 aromatic rings. The predicted molar refractivity (Wildman–Crippen MR) is 190 cm³/mol. The summed E-state index contributed by atoms with van der Waals surface area (Å²) in [4.78, 5) is 35.2. The van der Waals surface area contributed by atoms with Gasteiger partial charge >= 0.3 is 0 Å². The van der Waals surface area contributed by atoms with Gasteiger partial charge in [0, 0.05) is 36.8 Å². The Labute approximate surface area is 287 Å². The number of carbonyl (C=O) groups excluding carboxylic acids is 2. The molecule has 0 fully saturated rings. The van der Waals surface area contributed by atoms with Crippen LogP contribution in [0.15, 0.2) is 120 Å². The van der Waals surface area contributed by atoms with Crippen LogP contribution >= 0.6 is 0 Å². The van der Waals surface area contributed by atoms with Crippen molar-refractivity contribution in [3.05, 3.63) is 132 Å². The Morgan fingerprint density at radius 2 is 1.53 bits per heavy atom. The summed E-state index contributed by atoms with van der Waals surface area (Å²) in [6.07, 6.45) is 1.42. The quantitative estimate of drug-likeness (QED) is 0.119. The van der Waals surface area contributed by atoms with Crippen molar-refractivity contribution in [1.29, 1.82) is 0 Å². The van der Waals surface area contributed by atoms with Crippen molar-refractivity contribution in [3.63, 3.8) is 0 Å². The number of benzene rings is 3. The fourth-order valence-electron chi connectivity index (χ4n) is 5.57. The first-order valence-electron chi connectivity index (χ1n) is 16.5. The highest BCUT2D eigenvalue weighted by Gasteiger charge is 2.33. The number of hydrogen-bond acceptors (Lipinski definition) is 6. The number of rotatable bonds is 16. The molecule has 4 N–H and O–H groups in total. The molecule has 1 unspecified atom stereocenters. The van der Waals surface area contributed by atoms with E-state index in [1.54, 1.807) is 42.6 Å². The number of nitrogens with zero attached hydrogens (tertiary/aromatic N) is 2. The van der Waals surface area contributed by atoms with E-state index in [0.29, 0.717) is 11.9 Å². The largest absolute Gasteiger partial charge is 0.390 e. The van der Waals surface area contributed by atoms with E-state index in [-0.39, 0.29) is 42.4 Å². The molecule has 0 aliphatic carbocycles. The minimum Gasteiger partial charge on any atom is -0.390 e. The summed E-state index contributed by atoms with van der Waals surface area (Å²) in [7, 11) is -3.95. The number of sulfonamides is 1. The monoisotopic (exact) mass is 681 g/mol. The van der Waals surface area contributed by atoms with Crippen LogP contribution in [0, 0.1) is 5.92 Å². The summed E-state index contributed by atoms with van der Waals surface area (Å²) in [5, 5.41) is 18.4. The average molecular weight is 682 g/mol. The van der Waals surface area contributed by atoms with E-state index < -0.39 is 40.0 Å². The van der Waals surface area contributed by atoms with E-state index in [4.69, 9.17) is 0 Å². The van der Waals surface area contributed by atoms with E-state index in [2.05, 4.69) is 20.6 Å². The van der Waals surface area contributed by atoms with Crippen molar-refractivity contribution >= 4 is 32.7 Å². The lowest BCUT2D eigenvalue weighted by atomic mass is 9.99. The summed E-state index contributed by atoms with van der Waals surface area (Å²) in [6, 6.07) is 30.1. The first kappa shape index (κ1) is 35.5. The van der Waals surface area contributed by atoms with Gasteiger partial charge in [-0.25, -0.2) is 13.4 Å². The Kier molecular flexibility index (Phi) is 12.0. The number of aliphatic hydroxyl groups excluding tert-OH is 1. The highest BCUT2D eigenvalue weighted by atomic mass is 32.2. The van der Waals surface area contributed by atoms with Crippen LogP contribution in [0.5, 0.6) is 0 Å². The smallest absolute Gasteiger partial charge is 0.270 e. The lowest BCUT2D eigenvalue weighted by Crippen LogP contribution is -2.56. The molecule has 0 aliphatic heterocycles. The van der Waals surface area contributed by atoms with Crippen molar-refractivity contribution < 1.29 is 23.1 Å². The van der Waals surface area contributed by atoms with E-state index in [0.717, 1.165) is 16.6 Å². The normalized spacial score (nSPS) is 13.7. The summed E-state index contributed by atoms with van der Waals surface area (Å²) < 4.78 is 28.8. The molecule has 3 aromatic carbocycles. The van der Waals surface area contributed by atoms with Crippen LogP contribution in [-0.4, -0.2) is 70.9 Å². The Morgan fingerprint density at radius 3 is 2.22 bits per heavy atom. The predicted octanol–water partition coefficient (Wildman–Crippen LogP) is 4.73. The maximum atomic E-state index is 14.1. The second kappa shape index (κ2) is 16.5. The van der Waals surface area contributed by atoms with Crippen LogP contribution in [0.25, 0.3) is 10.9 Å². The highest BCUT2D eigenvalue weighted by Crippen LogP contribution is 2.19. The van der Waals surface area contributed by atoms with Gasteiger partial charge in [-0.05, 0) is 60.7 Å². The van der Waals surface area contributed by atoms with Gasteiger partial charge < -0.3 is 20.7 Å². The number of pyridine rings is 1. The van der Waals surface area contributed by atoms with Crippen molar-refractivity contribution in [3.8, 4) is 0 Å². The number of hydrogen-bond donors (Lipinski definition) is 4. The first-order valence-corrected chi connectivity index (χ1v) is 17.9. The van der Waals surface area contributed by atoms with E-state index in [1.807, 2.05) is 74.5 Å². The number of nitrogens with one attached hydrogen (secondary N) is 3. The molecule has 49 heavy (non-hydrogen) atoms. The van der Waals surface area contributed by atoms with Crippen LogP contribution in [0.4, 0.5) is 0 Å². The molecule has 10 nitrogen and oxygen atoms in total. The zero-order chi connectivity index (χ0) is 34.8. The van der Waals surface area contributed by atoms with Gasteiger partial charge in [0.2, 0.25) is 15.9 Å². The highest BCUT2D eigenvalue weighted by molar-refractivity contribution is 7.89. The zero-order valence-electron chi connectivity index (χ0n) is 27.7. The van der Waals surface area contributed by atoms with Gasteiger partial charge in [-0.2, -0.15) is 4.31 Å². The minimum absolute atomic E-state index is 0.130. The van der Waals surface area contributed by atoms with Crippen LogP contribution in [0.3, 0.4) is 0 Å². The Balaban J connectivity index is 1.41. The lowest BCUT2D eigenvalue weighted by molar-refractivity contribution is -0.124. The Bertz CT molecular complexity index is 1920. The van der Waals surface area contributed by atoms with Crippen molar-refractivity contribution in [2.75, 3.05) is 13.1 Å². The molecule has 0 saturated carbocycles. The van der Waals surface area contributed by atoms with E-state index in [9.17, 15) is 23.1 Å². The molecule has 256 valence electrons. The summed E-state index contributed by atoms with van der Waals surface area (Å²) in [6.45, 7) is 3.97. The molecular formula is C38H43N5O5S. The molecule has 2 heterocycles. The van der Waals surface area contributed by atoms with Gasteiger partial charge in [-0.15, -0.1) is 0 Å². The van der Waals surface area contributed by atoms with Gasteiger partial charge in [-0.3, -0.25) is 9.59 Å². The number of aromatic amines is 1. The van der Waals surface area contributed by atoms with Crippen LogP contribution in [0.2, 0.25) is 0 Å². The Morgan fingerprint density at radius 1 is 0.837 bits per heavy atom. The number of para-hydroxylation sites is 1. The lowest BCUT2D eigenvalue weighted by Gasteiger charge is -2.31. The maximum Gasteiger partial charge on any atom is 0.270 e. The second-order valence-corrected chi connectivity index (χ2v) is 14.5. The summed E-state index contributed by atoms with van der Waals surface area (Å²) in [5.74, 6) is -0.824. The topological polar surface area (TPSA) is 144 Å². The van der Waals surface area contributed by atoms with Crippen molar-refractivity contribution in [2.45, 2.75) is 56.2 Å². The SMILES string of the molecule is CC(C)CCN(C[C@@H](O)[C@H](Cc1ccccc1)NC(=O)C(Cc1ccc[nH]1)NC(=O)c1ccc2ccccc2n1)S(=O)(=O)c1ccccc1. The molecule has 2 amide bonds. The van der Waals surface area contributed by atoms with Gasteiger partial charge in [0.05, 0.1) is 22.6 Å². The fraction of sp³-hybridized carbons (Fsp3) is 0.289. The molecule has 0 spiro atoms. The molecule has 0 bridgehead atoms. The number of amides is 2. The minimum atomic E-state index is -3.95. The summed E-state index contributed by atoms with van der Waals surface area (Å²) in [5.41, 5.74) is 2.38. The van der Waals surface area contributed by atoms with Gasteiger partial charge in [-0.1, -0.05) is 86.6 Å². The third-order valence-corrected chi connectivity index (χ3v) is 10.2. The molecule has 11 heteroatoms. The number of carbonyl (C=O) groups is 2. The second-order valence-electron chi connectivity index (χ2n) is 12.5. The summed E-state index contributed by atoms with van der Waals surface area (Å²) >= 11 is 0. The third kappa shape index (κ3) is 9.62. The van der Waals surface area contributed by atoms with Crippen LogP contribution in [0.1, 0.15) is 42.0 Å². The third-order valence-electron chi connectivity index (χ3n) is 8.36. The maximum absolute atomic E-state index is 14.1. The molecule has 5 rings (SSSR count). The molecule has 0 aliphatic rings. The van der Waals surface area contributed by atoms with Crippen molar-refractivity contribution in [1.82, 2.24) is 24.9 Å². The number of fused-ring (bicyclic) bond motifs is 1. The van der Waals surface area contributed by atoms with E-state index in [1.165, 1.54) is 16.4 Å². The first-order chi connectivity index (χ1) is 23.6. The van der Waals surface area contributed by atoms with E-state index >= 15 is 0 Å².